The maximum atomic E-state index is 13.4. The van der Waals surface area contributed by atoms with E-state index in [-0.39, 0.29) is 135 Å². The molecule has 0 fully saturated rings. The molecule has 0 atom stereocenters. The van der Waals surface area contributed by atoms with Crippen molar-refractivity contribution in [1.29, 1.82) is 0 Å². The fourth-order valence-electron chi connectivity index (χ4n) is 9.63. The molecule has 34 heteroatoms. The first-order valence-corrected chi connectivity index (χ1v) is 32.1. The monoisotopic (exact) mass is 1290 g/mol. The highest BCUT2D eigenvalue weighted by molar-refractivity contribution is 7.86. The summed E-state index contributed by atoms with van der Waals surface area (Å²) in [6, 6.07) is 13.2. The Morgan fingerprint density at radius 1 is 0.364 bits per heavy atom. The second-order valence-electron chi connectivity index (χ2n) is 19.6. The van der Waals surface area contributed by atoms with Crippen molar-refractivity contribution in [2.24, 2.45) is 0 Å². The highest BCUT2D eigenvalue weighted by Crippen LogP contribution is 2.35. The van der Waals surface area contributed by atoms with Gasteiger partial charge in [0.1, 0.15) is 19.6 Å². The number of amides is 4. The molecule has 30 nitrogen and oxygen atoms in total. The van der Waals surface area contributed by atoms with E-state index < -0.39 is 129 Å². The highest BCUT2D eigenvalue weighted by Gasteiger charge is 2.25. The minimum Gasteiger partial charge on any atom is -0.870 e. The van der Waals surface area contributed by atoms with Crippen molar-refractivity contribution in [2.75, 3.05) is 65.4 Å². The number of fused-ring (bicyclic) bond motifs is 4. The summed E-state index contributed by atoms with van der Waals surface area (Å²) in [6.07, 6.45) is 5.40. The second-order valence-corrected chi connectivity index (χ2v) is 25.2. The van der Waals surface area contributed by atoms with Crippen LogP contribution in [0.3, 0.4) is 0 Å². The summed E-state index contributed by atoms with van der Waals surface area (Å²) in [7, 11) is -19.8. The van der Waals surface area contributed by atoms with E-state index in [1.807, 2.05) is 9.80 Å². The van der Waals surface area contributed by atoms with Crippen molar-refractivity contribution in [3.05, 3.63) is 120 Å². The quantitative estimate of drug-likeness (QED) is 0.0254. The third-order valence-corrected chi connectivity index (χ3v) is 17.4. The van der Waals surface area contributed by atoms with Crippen LogP contribution in [0, 0.1) is 0 Å². The fourth-order valence-corrected chi connectivity index (χ4v) is 12.5. The molecule has 466 valence electrons. The molecule has 0 unspecified atom stereocenters. The Morgan fingerprint density at radius 2 is 0.568 bits per heavy atom. The van der Waals surface area contributed by atoms with Crippen LogP contribution in [-0.2, 0) is 40.5 Å². The largest absolute Gasteiger partial charge is 0.870 e. The maximum Gasteiger partial charge on any atom is 0.295 e. The third kappa shape index (κ3) is 15.1. The topological polar surface area (TPSA) is 484 Å². The van der Waals surface area contributed by atoms with Crippen LogP contribution in [0.25, 0.3) is 43.6 Å². The summed E-state index contributed by atoms with van der Waals surface area (Å²) in [4.78, 5) is 70.2. The van der Waals surface area contributed by atoms with E-state index in [4.69, 9.17) is 0 Å². The van der Waals surface area contributed by atoms with E-state index in [2.05, 4.69) is 41.2 Å². The summed E-state index contributed by atoms with van der Waals surface area (Å²) >= 11 is 0. The van der Waals surface area contributed by atoms with Crippen LogP contribution in [0.15, 0.2) is 117 Å². The summed E-state index contributed by atoms with van der Waals surface area (Å²) < 4.78 is 138. The Morgan fingerprint density at radius 3 is 0.761 bits per heavy atom. The molecule has 4 aromatic heterocycles. The van der Waals surface area contributed by atoms with Crippen molar-refractivity contribution in [3.8, 4) is 23.0 Å². The first-order chi connectivity index (χ1) is 41.6. The van der Waals surface area contributed by atoms with E-state index in [0.717, 1.165) is 24.3 Å². The summed E-state index contributed by atoms with van der Waals surface area (Å²) in [6.45, 7) is 0.543. The second kappa shape index (κ2) is 27.0. The summed E-state index contributed by atoms with van der Waals surface area (Å²) in [5.74, 6) is -7.64. The average molecular weight is 1290 g/mol. The number of nitrogens with zero attached hydrogens (tertiary/aromatic N) is 6. The number of benzene rings is 4. The number of aromatic nitrogens is 4. The van der Waals surface area contributed by atoms with Gasteiger partial charge in [-0.2, -0.15) is 33.7 Å². The van der Waals surface area contributed by atoms with Crippen molar-refractivity contribution in [3.63, 3.8) is 0 Å². The summed E-state index contributed by atoms with van der Waals surface area (Å²) in [5.41, 5.74) is -4.07. The number of rotatable bonds is 27. The molecule has 4 amide bonds. The van der Waals surface area contributed by atoms with Gasteiger partial charge in [0.25, 0.3) is 64.1 Å². The molecule has 8 rings (SSSR count). The van der Waals surface area contributed by atoms with Crippen molar-refractivity contribution in [1.82, 2.24) is 51.0 Å². The Kier molecular flexibility index (Phi) is 20.0. The zero-order chi connectivity index (χ0) is 63.9. The lowest BCUT2D eigenvalue weighted by Gasteiger charge is -2.28. The van der Waals surface area contributed by atoms with Crippen LogP contribution in [0.1, 0.15) is 67.1 Å². The number of nitrogens with one attached hydrogen (secondary N) is 4. The van der Waals surface area contributed by atoms with Crippen molar-refractivity contribution >= 4 is 108 Å². The molecule has 0 aliphatic heterocycles. The fraction of sp³-hybridized carbons (Fsp3) is 0.259. The minimum absolute atomic E-state index is 0.122. The molecule has 4 aromatic carbocycles. The molecule has 0 saturated carbocycles. The van der Waals surface area contributed by atoms with Gasteiger partial charge in [0.15, 0.2) is 0 Å². The number of hydrogen-bond acceptors (Lipinski definition) is 22. The van der Waals surface area contributed by atoms with Gasteiger partial charge in [0.05, 0.1) is 22.1 Å². The van der Waals surface area contributed by atoms with Gasteiger partial charge >= 0.3 is 0 Å². The van der Waals surface area contributed by atoms with Gasteiger partial charge in [-0.25, -0.2) is 0 Å². The molecule has 0 radical (unpaired) electrons. The van der Waals surface area contributed by atoms with Gasteiger partial charge in [0, 0.05) is 108 Å². The zero-order valence-electron chi connectivity index (χ0n) is 45.8. The molecule has 4 heterocycles. The van der Waals surface area contributed by atoms with E-state index in [1.54, 1.807) is 0 Å². The lowest BCUT2D eigenvalue weighted by molar-refractivity contribution is -0.267. The van der Waals surface area contributed by atoms with E-state index >= 15 is 0 Å². The molecule has 0 bridgehead atoms. The maximum absolute atomic E-state index is 13.4. The number of carbonyl (C=O) groups is 4. The number of pyridine rings is 4. The lowest BCUT2D eigenvalue weighted by Crippen LogP contribution is -2.40. The SMILES string of the molecule is O=C(NCCCN(CCCNC(=O)c1cc(S(=O)(=O)O)c2cccnc2c1[O-])CCN(CCCNC(=O)c1cc(S(=O)(=O)O)c2cccnc2c1[O-])CCCNC(=O)c1cc(S(=O)(=O)O)c2cccnc2c1[O-])c1cc(S(=O)(=O)O)c2cccnc2c1[O-]. The molecule has 0 saturated heterocycles. The Balaban J connectivity index is 0.992. The normalized spacial score (nSPS) is 12.3. The lowest BCUT2D eigenvalue weighted by atomic mass is 10.1. The first kappa shape index (κ1) is 65.1. The standard InChI is InChI=1S/C54H56N10O20S4/c65-47-35(27-39(85(73,74)75)31-9-1-13-55-43(31)47)51(69)59-17-5-21-63(22-6-18-60-52(70)36-28-40(86(76,77)78)32-10-2-14-56-44(32)48(36)66)25-26-64(23-7-19-61-53(71)37-29-41(87(79,80)81)33-11-3-15-57-45(33)49(37)67)24-8-20-62-54(72)38-30-42(88(82,83)84)34-12-4-16-58-46(34)50(38)68/h1-4,9-16,27-30,65-68H,5-8,17-26H2,(H,59,69)(H,60,70)(H,61,71)(H,62,72)(H,73,74,75)(H,76,77,78)(H,79,80,81)(H,82,83,84)/p-4. The van der Waals surface area contributed by atoms with E-state index in [1.165, 1.54) is 73.3 Å². The van der Waals surface area contributed by atoms with Crippen LogP contribution in [0.5, 0.6) is 23.0 Å². The Hall–Kier alpha value is -8.84. The molecular formula is C54H52N10O20S4-4. The van der Waals surface area contributed by atoms with Crippen LogP contribution in [-0.4, -0.2) is 171 Å². The van der Waals surface area contributed by atoms with Gasteiger partial charge in [-0.15, -0.1) is 0 Å². The summed E-state index contributed by atoms with van der Waals surface area (Å²) in [5, 5.41) is 62.7. The van der Waals surface area contributed by atoms with Crippen LogP contribution < -0.4 is 41.7 Å². The molecule has 88 heavy (non-hydrogen) atoms. The van der Waals surface area contributed by atoms with Crippen molar-refractivity contribution < 1.29 is 91.5 Å². The molecular weight excluding hydrogens is 1240 g/mol. The van der Waals surface area contributed by atoms with Gasteiger partial charge in [-0.05, 0) is 125 Å². The van der Waals surface area contributed by atoms with Crippen LogP contribution in [0.4, 0.5) is 0 Å². The predicted molar refractivity (Wildman–Crippen MR) is 305 cm³/mol. The predicted octanol–water partition coefficient (Wildman–Crippen LogP) is 0.345. The minimum atomic E-state index is -4.94. The average Bonchev–Trinajstić information content (AvgIpc) is 1.26. The molecule has 0 aliphatic rings. The molecule has 8 aromatic rings. The number of hydrogen-bond donors (Lipinski definition) is 8. The smallest absolute Gasteiger partial charge is 0.295 e. The van der Waals surface area contributed by atoms with Crippen LogP contribution >= 0.6 is 0 Å². The Bertz CT molecular complexity index is 3970. The molecule has 8 N–H and O–H groups in total. The molecule has 0 aliphatic carbocycles. The van der Waals surface area contributed by atoms with Gasteiger partial charge in [-0.3, -0.25) is 57.3 Å². The Labute approximate surface area is 501 Å². The molecule has 0 spiro atoms. The van der Waals surface area contributed by atoms with Crippen LogP contribution in [0.2, 0.25) is 0 Å². The zero-order valence-corrected chi connectivity index (χ0v) is 49.0. The first-order valence-electron chi connectivity index (χ1n) is 26.4. The van der Waals surface area contributed by atoms with E-state index in [0.29, 0.717) is 0 Å². The van der Waals surface area contributed by atoms with Crippen molar-refractivity contribution in [2.45, 2.75) is 45.3 Å². The van der Waals surface area contributed by atoms with E-state index in [9.17, 15) is 91.5 Å². The highest BCUT2D eigenvalue weighted by atomic mass is 32.2. The third-order valence-electron chi connectivity index (χ3n) is 13.8. The number of carbonyl (C=O) groups excluding carboxylic acids is 4. The van der Waals surface area contributed by atoms with Gasteiger partial charge in [0.2, 0.25) is 0 Å². The van der Waals surface area contributed by atoms with Gasteiger partial charge in [-0.1, -0.05) is 23.0 Å². The van der Waals surface area contributed by atoms with Gasteiger partial charge < -0.3 is 51.5 Å².